The van der Waals surface area contributed by atoms with Crippen LogP contribution in [0.1, 0.15) is 11.1 Å². The van der Waals surface area contributed by atoms with Crippen molar-refractivity contribution in [1.29, 1.82) is 5.26 Å². The molecule has 0 unspecified atom stereocenters. The van der Waals surface area contributed by atoms with Gasteiger partial charge in [-0.1, -0.05) is 17.7 Å². The van der Waals surface area contributed by atoms with Gasteiger partial charge in [0, 0.05) is 29.0 Å². The molecule has 4 aromatic rings. The number of benzene rings is 2. The summed E-state index contributed by atoms with van der Waals surface area (Å²) in [6.07, 6.45) is 3.30. The molecule has 2 aromatic heterocycles. The molecule has 31 heavy (non-hydrogen) atoms. The average Bonchev–Trinajstić information content (AvgIpc) is 3.19. The summed E-state index contributed by atoms with van der Waals surface area (Å²) in [5.74, 6) is 0.548. The van der Waals surface area contributed by atoms with E-state index in [1.54, 1.807) is 30.6 Å². The third-order valence-electron chi connectivity index (χ3n) is 4.54. The molecule has 0 bridgehead atoms. The van der Waals surface area contributed by atoms with Gasteiger partial charge in [0.1, 0.15) is 0 Å². The molecule has 0 aliphatic rings. The number of nitrogens with zero attached hydrogens (tertiary/aromatic N) is 6. The molecular weight excluding hydrogens is 436 g/mol. The number of pyridine rings is 1. The van der Waals surface area contributed by atoms with Crippen molar-refractivity contribution in [3.63, 3.8) is 0 Å². The quantitative estimate of drug-likeness (QED) is 0.304. The number of hydrogen-bond acceptors (Lipinski definition) is 7. The van der Waals surface area contributed by atoms with Gasteiger partial charge in [-0.3, -0.25) is 19.7 Å². The summed E-state index contributed by atoms with van der Waals surface area (Å²) in [7, 11) is 0. The highest BCUT2D eigenvalue weighted by atomic mass is 35.5. The van der Waals surface area contributed by atoms with Gasteiger partial charge >= 0.3 is 0 Å². The summed E-state index contributed by atoms with van der Waals surface area (Å²) in [6, 6.07) is 15.3. The van der Waals surface area contributed by atoms with Crippen molar-refractivity contribution in [2.45, 2.75) is 17.0 Å². The van der Waals surface area contributed by atoms with Crippen LogP contribution in [-0.2, 0) is 0 Å². The Hall–Kier alpha value is -3.74. The maximum atomic E-state index is 11.6. The Labute approximate surface area is 186 Å². The van der Waals surface area contributed by atoms with Crippen molar-refractivity contribution < 1.29 is 4.92 Å². The zero-order valence-corrected chi connectivity index (χ0v) is 17.6. The molecule has 0 amide bonds. The van der Waals surface area contributed by atoms with Crippen molar-refractivity contribution in [3.8, 4) is 23.1 Å². The van der Waals surface area contributed by atoms with E-state index in [2.05, 4.69) is 15.2 Å². The molecule has 8 nitrogen and oxygen atoms in total. The molecule has 0 aliphatic carbocycles. The van der Waals surface area contributed by atoms with Crippen LogP contribution >= 0.6 is 23.4 Å². The zero-order chi connectivity index (χ0) is 22.0. The van der Waals surface area contributed by atoms with Crippen molar-refractivity contribution in [3.05, 3.63) is 87.2 Å². The molecule has 0 saturated carbocycles. The van der Waals surface area contributed by atoms with Crippen LogP contribution in [0.3, 0.4) is 0 Å². The van der Waals surface area contributed by atoms with Crippen LogP contribution in [0.25, 0.3) is 17.1 Å². The third-order valence-corrected chi connectivity index (χ3v) is 5.96. The van der Waals surface area contributed by atoms with Gasteiger partial charge in [-0.25, -0.2) is 0 Å². The second-order valence-corrected chi connectivity index (χ2v) is 7.83. The first-order valence-electron chi connectivity index (χ1n) is 8.97. The van der Waals surface area contributed by atoms with Crippen LogP contribution < -0.4 is 0 Å². The first-order valence-corrected chi connectivity index (χ1v) is 10.2. The minimum absolute atomic E-state index is 0.174. The van der Waals surface area contributed by atoms with E-state index < -0.39 is 4.92 Å². The number of nitro benzene ring substituents is 1. The van der Waals surface area contributed by atoms with E-state index in [9.17, 15) is 10.1 Å². The predicted molar refractivity (Wildman–Crippen MR) is 116 cm³/mol. The minimum atomic E-state index is -0.516. The second-order valence-electron chi connectivity index (χ2n) is 6.41. The smallest absolute Gasteiger partial charge is 0.269 e. The number of hydrogen-bond donors (Lipinski definition) is 0. The molecule has 0 aliphatic heterocycles. The van der Waals surface area contributed by atoms with Gasteiger partial charge in [-0.2, -0.15) is 5.26 Å². The predicted octanol–water partition coefficient (Wildman–Crippen LogP) is 5.22. The van der Waals surface area contributed by atoms with Gasteiger partial charge in [-0.15, -0.1) is 10.2 Å². The first-order chi connectivity index (χ1) is 15.0. The Bertz CT molecular complexity index is 1330. The topological polar surface area (TPSA) is 111 Å². The van der Waals surface area contributed by atoms with E-state index in [-0.39, 0.29) is 11.3 Å². The van der Waals surface area contributed by atoms with E-state index in [0.29, 0.717) is 20.9 Å². The molecule has 4 rings (SSSR count). The van der Waals surface area contributed by atoms with Crippen LogP contribution in [0, 0.1) is 28.4 Å². The summed E-state index contributed by atoms with van der Waals surface area (Å²) in [6.45, 7) is 1.88. The van der Waals surface area contributed by atoms with E-state index in [1.165, 1.54) is 18.2 Å². The number of aromatic nitrogens is 4. The second kappa shape index (κ2) is 8.55. The van der Waals surface area contributed by atoms with E-state index in [4.69, 9.17) is 16.9 Å². The van der Waals surface area contributed by atoms with Gasteiger partial charge in [0.05, 0.1) is 27.1 Å². The van der Waals surface area contributed by atoms with Crippen LogP contribution in [0.4, 0.5) is 5.69 Å². The maximum absolute atomic E-state index is 11.6. The van der Waals surface area contributed by atoms with Crippen molar-refractivity contribution >= 4 is 29.1 Å². The Balaban J connectivity index is 1.91. The highest BCUT2D eigenvalue weighted by Crippen LogP contribution is 2.38. The fourth-order valence-electron chi connectivity index (χ4n) is 2.99. The highest BCUT2D eigenvalue weighted by molar-refractivity contribution is 7.99. The summed E-state index contributed by atoms with van der Waals surface area (Å²) in [5, 5.41) is 30.3. The summed E-state index contributed by atoms with van der Waals surface area (Å²) >= 11 is 7.44. The fraction of sp³-hybridized carbons (Fsp3) is 0.0476. The largest absolute Gasteiger partial charge is 0.284 e. The molecule has 0 atom stereocenters. The Kier molecular flexibility index (Phi) is 5.66. The molecule has 152 valence electrons. The molecule has 2 aromatic carbocycles. The molecule has 0 radical (unpaired) electrons. The number of halogens is 1. The third kappa shape index (κ3) is 3.99. The number of nitriles is 1. The first kappa shape index (κ1) is 20.5. The Morgan fingerprint density at radius 3 is 2.65 bits per heavy atom. The SMILES string of the molecule is Cc1c(Cl)cccc1-n1c(Sc2ccc(C#N)cc2[N+](=O)[O-])nnc1-c1ccncc1. The number of rotatable bonds is 5. The molecule has 0 spiro atoms. The molecule has 10 heteroatoms. The fourth-order valence-corrected chi connectivity index (χ4v) is 4.09. The van der Waals surface area contributed by atoms with Crippen LogP contribution in [0.5, 0.6) is 0 Å². The molecule has 0 fully saturated rings. The molecule has 0 N–H and O–H groups in total. The monoisotopic (exact) mass is 448 g/mol. The lowest BCUT2D eigenvalue weighted by molar-refractivity contribution is -0.387. The standard InChI is InChI=1S/C21H13ClN6O2S/c1-13-16(22)3-2-4-17(13)27-20(15-7-9-24-10-8-15)25-26-21(27)31-19-6-5-14(12-23)11-18(19)28(29)30/h2-11H,1H3. The average molecular weight is 449 g/mol. The van der Waals surface area contributed by atoms with Gasteiger partial charge in [0.15, 0.2) is 5.82 Å². The highest BCUT2D eigenvalue weighted by Gasteiger charge is 2.23. The van der Waals surface area contributed by atoms with Gasteiger partial charge < -0.3 is 0 Å². The minimum Gasteiger partial charge on any atom is -0.269 e. The number of nitro groups is 1. The van der Waals surface area contributed by atoms with Crippen LogP contribution in [-0.4, -0.2) is 24.7 Å². The van der Waals surface area contributed by atoms with Crippen molar-refractivity contribution in [1.82, 2.24) is 19.7 Å². The van der Waals surface area contributed by atoms with Crippen LogP contribution in [0.15, 0.2) is 71.0 Å². The van der Waals surface area contributed by atoms with Crippen LogP contribution in [0.2, 0.25) is 5.02 Å². The van der Waals surface area contributed by atoms with Crippen molar-refractivity contribution in [2.24, 2.45) is 0 Å². The molecule has 0 saturated heterocycles. The van der Waals surface area contributed by atoms with Gasteiger partial charge in [0.25, 0.3) is 5.69 Å². The van der Waals surface area contributed by atoms with E-state index in [0.717, 1.165) is 28.6 Å². The summed E-state index contributed by atoms with van der Waals surface area (Å²) in [5.41, 5.74) is 2.38. The van der Waals surface area contributed by atoms with Crippen molar-refractivity contribution in [2.75, 3.05) is 0 Å². The lowest BCUT2D eigenvalue weighted by Crippen LogP contribution is -2.02. The zero-order valence-electron chi connectivity index (χ0n) is 16.1. The summed E-state index contributed by atoms with van der Waals surface area (Å²) < 4.78 is 1.81. The lowest BCUT2D eigenvalue weighted by Gasteiger charge is -2.14. The van der Waals surface area contributed by atoms with Gasteiger partial charge in [-0.05, 0) is 60.6 Å². The molecule has 2 heterocycles. The maximum Gasteiger partial charge on any atom is 0.284 e. The van der Waals surface area contributed by atoms with E-state index >= 15 is 0 Å². The van der Waals surface area contributed by atoms with Gasteiger partial charge in [0.2, 0.25) is 5.16 Å². The normalized spacial score (nSPS) is 10.6. The van der Waals surface area contributed by atoms with E-state index in [1.807, 2.05) is 29.7 Å². The summed E-state index contributed by atoms with van der Waals surface area (Å²) in [4.78, 5) is 15.4. The Morgan fingerprint density at radius 2 is 1.94 bits per heavy atom. The lowest BCUT2D eigenvalue weighted by atomic mass is 10.2. The Morgan fingerprint density at radius 1 is 1.16 bits per heavy atom. The molecular formula is C21H13ClN6O2S.